The number of hydrazone groups is 1. The SMILES string of the molecule is CCOc1ccc(C(=O)Oc2ccc(C=NNC(=O)c3cccc(Br)c3)cc2OCC)cc1. The Morgan fingerprint density at radius 3 is 2.36 bits per heavy atom. The van der Waals surface area contributed by atoms with Crippen molar-refractivity contribution in [2.45, 2.75) is 13.8 Å². The van der Waals surface area contributed by atoms with Crippen LogP contribution in [0.1, 0.15) is 40.1 Å². The molecule has 7 nitrogen and oxygen atoms in total. The first-order valence-electron chi connectivity index (χ1n) is 10.3. The molecule has 0 heterocycles. The molecule has 1 amide bonds. The summed E-state index contributed by atoms with van der Waals surface area (Å²) in [5.74, 6) is 0.505. The van der Waals surface area contributed by atoms with Gasteiger partial charge in [-0.25, -0.2) is 10.2 Å². The largest absolute Gasteiger partial charge is 0.494 e. The highest BCUT2D eigenvalue weighted by Crippen LogP contribution is 2.29. The summed E-state index contributed by atoms with van der Waals surface area (Å²) < 4.78 is 17.3. The Balaban J connectivity index is 1.68. The molecule has 0 bridgehead atoms. The fraction of sp³-hybridized carbons (Fsp3) is 0.160. The minimum absolute atomic E-state index is 0.283. The zero-order chi connectivity index (χ0) is 23.6. The van der Waals surface area contributed by atoms with Crippen LogP contribution in [0, 0.1) is 0 Å². The van der Waals surface area contributed by atoms with Crippen LogP contribution in [-0.4, -0.2) is 31.3 Å². The molecule has 33 heavy (non-hydrogen) atoms. The molecule has 3 aromatic rings. The van der Waals surface area contributed by atoms with Gasteiger partial charge in [0.15, 0.2) is 11.5 Å². The highest BCUT2D eigenvalue weighted by molar-refractivity contribution is 9.10. The van der Waals surface area contributed by atoms with E-state index in [2.05, 4.69) is 26.5 Å². The molecular formula is C25H23BrN2O5. The van der Waals surface area contributed by atoms with Gasteiger partial charge in [0.25, 0.3) is 5.91 Å². The summed E-state index contributed by atoms with van der Waals surface area (Å²) in [4.78, 5) is 24.7. The number of hydrogen-bond acceptors (Lipinski definition) is 6. The lowest BCUT2D eigenvalue weighted by Gasteiger charge is -2.11. The maximum absolute atomic E-state index is 12.5. The molecule has 0 aliphatic rings. The predicted molar refractivity (Wildman–Crippen MR) is 129 cm³/mol. The summed E-state index contributed by atoms with van der Waals surface area (Å²) in [5.41, 5.74) is 4.01. The number of amides is 1. The Labute approximate surface area is 200 Å². The van der Waals surface area contributed by atoms with Crippen LogP contribution in [0.25, 0.3) is 0 Å². The highest BCUT2D eigenvalue weighted by atomic mass is 79.9. The topological polar surface area (TPSA) is 86.2 Å². The van der Waals surface area contributed by atoms with Crippen molar-refractivity contribution in [2.75, 3.05) is 13.2 Å². The first-order valence-corrected chi connectivity index (χ1v) is 11.1. The molecule has 0 radical (unpaired) electrons. The van der Waals surface area contributed by atoms with Crippen molar-refractivity contribution in [1.82, 2.24) is 5.43 Å². The summed E-state index contributed by atoms with van der Waals surface area (Å²) in [6, 6.07) is 18.7. The third-order valence-corrected chi connectivity index (χ3v) is 4.83. The molecule has 0 spiro atoms. The molecule has 1 N–H and O–H groups in total. The number of hydrogen-bond donors (Lipinski definition) is 1. The van der Waals surface area contributed by atoms with Gasteiger partial charge < -0.3 is 14.2 Å². The van der Waals surface area contributed by atoms with Crippen molar-refractivity contribution in [3.8, 4) is 17.2 Å². The summed E-state index contributed by atoms with van der Waals surface area (Å²) in [7, 11) is 0. The van der Waals surface area contributed by atoms with Gasteiger partial charge in [0.2, 0.25) is 0 Å². The van der Waals surface area contributed by atoms with Gasteiger partial charge in [-0.15, -0.1) is 0 Å². The molecule has 0 saturated heterocycles. The normalized spacial score (nSPS) is 10.6. The minimum Gasteiger partial charge on any atom is -0.494 e. The number of ether oxygens (including phenoxy) is 3. The van der Waals surface area contributed by atoms with E-state index in [1.54, 1.807) is 60.7 Å². The Kier molecular flexibility index (Phi) is 8.60. The molecule has 0 fully saturated rings. The quantitative estimate of drug-likeness (QED) is 0.184. The Morgan fingerprint density at radius 1 is 0.909 bits per heavy atom. The van der Waals surface area contributed by atoms with Crippen LogP contribution in [0.3, 0.4) is 0 Å². The lowest BCUT2D eigenvalue weighted by atomic mass is 10.2. The molecule has 0 aliphatic carbocycles. The Morgan fingerprint density at radius 2 is 1.67 bits per heavy atom. The van der Waals surface area contributed by atoms with Crippen LogP contribution >= 0.6 is 15.9 Å². The standard InChI is InChI=1S/C25H23BrN2O5/c1-3-31-21-11-9-18(10-12-21)25(30)33-22-13-8-17(14-23(22)32-4-2)16-27-28-24(29)19-6-5-7-20(26)15-19/h5-16H,3-4H2,1-2H3,(H,28,29). The van der Waals surface area contributed by atoms with E-state index in [4.69, 9.17) is 14.2 Å². The third-order valence-electron chi connectivity index (χ3n) is 4.34. The van der Waals surface area contributed by atoms with Crippen molar-refractivity contribution >= 4 is 34.0 Å². The summed E-state index contributed by atoms with van der Waals surface area (Å²) in [6.07, 6.45) is 1.48. The first kappa shape index (κ1) is 24.0. The molecule has 0 aromatic heterocycles. The van der Waals surface area contributed by atoms with Crippen LogP contribution < -0.4 is 19.6 Å². The minimum atomic E-state index is -0.512. The van der Waals surface area contributed by atoms with Gasteiger partial charge in [-0.1, -0.05) is 22.0 Å². The molecule has 0 aliphatic heterocycles. The lowest BCUT2D eigenvalue weighted by molar-refractivity contribution is 0.0728. The Bertz CT molecular complexity index is 1150. The smallest absolute Gasteiger partial charge is 0.343 e. The van der Waals surface area contributed by atoms with Crippen LogP contribution in [0.15, 0.2) is 76.3 Å². The Hall–Kier alpha value is -3.65. The summed E-state index contributed by atoms with van der Waals surface area (Å²) >= 11 is 3.33. The number of rotatable bonds is 9. The van der Waals surface area contributed by atoms with Gasteiger partial charge >= 0.3 is 5.97 Å². The fourth-order valence-corrected chi connectivity index (χ4v) is 3.23. The summed E-state index contributed by atoms with van der Waals surface area (Å²) in [6.45, 7) is 4.65. The van der Waals surface area contributed by atoms with Gasteiger partial charge in [0.05, 0.1) is 25.0 Å². The molecule has 8 heteroatoms. The monoisotopic (exact) mass is 510 g/mol. The van der Waals surface area contributed by atoms with Crippen molar-refractivity contribution in [2.24, 2.45) is 5.10 Å². The number of carbonyl (C=O) groups excluding carboxylic acids is 2. The van der Waals surface area contributed by atoms with Crippen LogP contribution in [-0.2, 0) is 0 Å². The maximum Gasteiger partial charge on any atom is 0.343 e. The van der Waals surface area contributed by atoms with Gasteiger partial charge in [-0.2, -0.15) is 5.10 Å². The fourth-order valence-electron chi connectivity index (χ4n) is 2.83. The van der Waals surface area contributed by atoms with Crippen LogP contribution in [0.2, 0.25) is 0 Å². The lowest BCUT2D eigenvalue weighted by Crippen LogP contribution is -2.17. The molecule has 0 unspecified atom stereocenters. The van der Waals surface area contributed by atoms with E-state index in [0.29, 0.717) is 41.4 Å². The average Bonchev–Trinajstić information content (AvgIpc) is 2.81. The summed E-state index contributed by atoms with van der Waals surface area (Å²) in [5, 5.41) is 4.00. The molecule has 0 saturated carbocycles. The number of esters is 1. The zero-order valence-electron chi connectivity index (χ0n) is 18.2. The van der Waals surface area contributed by atoms with Gasteiger partial charge in [0.1, 0.15) is 5.75 Å². The molecule has 3 rings (SSSR count). The number of carbonyl (C=O) groups is 2. The van der Waals surface area contributed by atoms with Gasteiger partial charge in [-0.3, -0.25) is 4.79 Å². The molecule has 3 aromatic carbocycles. The van der Waals surface area contributed by atoms with E-state index in [9.17, 15) is 9.59 Å². The van der Waals surface area contributed by atoms with E-state index in [-0.39, 0.29) is 11.7 Å². The first-order chi connectivity index (χ1) is 16.0. The molecule has 0 atom stereocenters. The van der Waals surface area contributed by atoms with Crippen LogP contribution in [0.4, 0.5) is 0 Å². The number of halogens is 1. The van der Waals surface area contributed by atoms with Crippen molar-refractivity contribution in [3.63, 3.8) is 0 Å². The second kappa shape index (κ2) is 11.8. The van der Waals surface area contributed by atoms with Crippen LogP contribution in [0.5, 0.6) is 17.2 Å². The van der Waals surface area contributed by atoms with E-state index >= 15 is 0 Å². The van der Waals surface area contributed by atoms with Crippen molar-refractivity contribution in [3.05, 3.63) is 87.9 Å². The third kappa shape index (κ3) is 6.92. The van der Waals surface area contributed by atoms with E-state index in [1.165, 1.54) is 6.21 Å². The maximum atomic E-state index is 12.5. The second-order valence-corrected chi connectivity index (χ2v) is 7.61. The van der Waals surface area contributed by atoms with E-state index < -0.39 is 5.97 Å². The second-order valence-electron chi connectivity index (χ2n) is 6.70. The number of nitrogens with one attached hydrogen (secondary N) is 1. The number of benzene rings is 3. The van der Waals surface area contributed by atoms with Gasteiger partial charge in [-0.05, 0) is 80.1 Å². The molecule has 170 valence electrons. The average molecular weight is 511 g/mol. The predicted octanol–water partition coefficient (Wildman–Crippen LogP) is 5.23. The van der Waals surface area contributed by atoms with Crippen molar-refractivity contribution in [1.29, 1.82) is 0 Å². The van der Waals surface area contributed by atoms with E-state index in [1.807, 2.05) is 19.9 Å². The number of nitrogens with zero attached hydrogens (tertiary/aromatic N) is 1. The zero-order valence-corrected chi connectivity index (χ0v) is 19.8. The molecular weight excluding hydrogens is 488 g/mol. The van der Waals surface area contributed by atoms with Crippen molar-refractivity contribution < 1.29 is 23.8 Å². The van der Waals surface area contributed by atoms with Gasteiger partial charge in [0, 0.05) is 10.0 Å². The van der Waals surface area contributed by atoms with E-state index in [0.717, 1.165) is 4.47 Å². The highest BCUT2D eigenvalue weighted by Gasteiger charge is 2.13.